The topological polar surface area (TPSA) is 159 Å². The fourth-order valence-corrected chi connectivity index (χ4v) is 7.23. The number of carbonyl (C=O) groups excluding carboxylic acids is 4. The zero-order chi connectivity index (χ0) is 35.4. The zero-order valence-corrected chi connectivity index (χ0v) is 27.2. The quantitative estimate of drug-likeness (QED) is 0.241. The fourth-order valence-electron chi connectivity index (χ4n) is 7.23. The molecule has 7 rings (SSSR count). The molecule has 0 N–H and O–H groups in total. The van der Waals surface area contributed by atoms with Gasteiger partial charge in [0.25, 0.3) is 0 Å². The summed E-state index contributed by atoms with van der Waals surface area (Å²) in [6.45, 7) is 2.00. The monoisotopic (exact) mass is 674 g/mol. The van der Waals surface area contributed by atoms with Gasteiger partial charge >= 0.3 is 23.2 Å². The maximum atomic E-state index is 15.5. The second-order valence-corrected chi connectivity index (χ2v) is 11.6. The first-order valence-electron chi connectivity index (χ1n) is 15.3. The lowest BCUT2D eigenvalue weighted by atomic mass is 9.56. The molecule has 5 heterocycles. The highest BCUT2D eigenvalue weighted by Crippen LogP contribution is 2.63. The standard InChI is InChI=1S/C35H31FN2O11/c1-6-7-14-37-21-13-10-18(36)15-20(21)35(34(37)44)26(28(39)17-8-11-19(45-2)12-9-17)25(31(41)47-4)27(33(43)48-5)38-22-16-23(46-3)24(29(35)38)32(42)49-30(22)40/h8-13,15-16,26,29H,6-7,14H2,1-5H3/t26-,29?,35+/m1/s1. The Morgan fingerprint density at radius 1 is 0.878 bits per heavy atom. The van der Waals surface area contributed by atoms with Crippen molar-refractivity contribution in [2.24, 2.45) is 5.92 Å². The van der Waals surface area contributed by atoms with E-state index < -0.39 is 80.6 Å². The molecule has 0 saturated carbocycles. The Hall–Kier alpha value is -5.79. The van der Waals surface area contributed by atoms with Gasteiger partial charge in [0.15, 0.2) is 5.78 Å². The number of ether oxygens (including phenoxy) is 4. The summed E-state index contributed by atoms with van der Waals surface area (Å²) in [4.78, 5) is 88.1. The van der Waals surface area contributed by atoms with E-state index in [4.69, 9.17) is 23.4 Å². The molecule has 254 valence electrons. The van der Waals surface area contributed by atoms with Crippen LogP contribution in [0.15, 0.2) is 73.8 Å². The predicted octanol–water partition coefficient (Wildman–Crippen LogP) is 3.21. The van der Waals surface area contributed by atoms with Gasteiger partial charge in [-0.2, -0.15) is 0 Å². The van der Waals surface area contributed by atoms with Crippen LogP contribution in [0.5, 0.6) is 11.5 Å². The molecule has 3 atom stereocenters. The van der Waals surface area contributed by atoms with Crippen molar-refractivity contribution < 1.29 is 46.9 Å². The van der Waals surface area contributed by atoms with Crippen LogP contribution in [0, 0.1) is 11.7 Å². The molecule has 4 aliphatic rings. The molecule has 14 heteroatoms. The summed E-state index contributed by atoms with van der Waals surface area (Å²) in [5, 5.41) is 0. The number of fused-ring (bicyclic) bond motifs is 5. The van der Waals surface area contributed by atoms with Gasteiger partial charge < -0.3 is 33.2 Å². The van der Waals surface area contributed by atoms with Gasteiger partial charge in [-0.25, -0.2) is 23.6 Å². The lowest BCUT2D eigenvalue weighted by molar-refractivity contribution is -0.141. The number of unbranched alkanes of at least 4 members (excludes halogenated alkanes) is 1. The van der Waals surface area contributed by atoms with Gasteiger partial charge in [-0.15, -0.1) is 0 Å². The average Bonchev–Trinajstić information content (AvgIpc) is 3.18. The summed E-state index contributed by atoms with van der Waals surface area (Å²) < 4.78 is 41.6. The van der Waals surface area contributed by atoms with Gasteiger partial charge in [0.1, 0.15) is 39.7 Å². The molecule has 2 aromatic carbocycles. The van der Waals surface area contributed by atoms with E-state index in [1.165, 1.54) is 49.5 Å². The molecule has 0 radical (unpaired) electrons. The van der Waals surface area contributed by atoms with Crippen LogP contribution in [0.4, 0.5) is 15.8 Å². The van der Waals surface area contributed by atoms with Crippen LogP contribution in [0.1, 0.15) is 47.3 Å². The number of Topliss-reactive ketones (excluding diaryl/α,β-unsaturated/α-hetero) is 1. The number of hydrogen-bond acceptors (Lipinski definition) is 12. The maximum Gasteiger partial charge on any atom is 0.363 e. The Morgan fingerprint density at radius 3 is 2.18 bits per heavy atom. The Bertz CT molecular complexity index is 2070. The van der Waals surface area contributed by atoms with Crippen molar-refractivity contribution >= 4 is 35.0 Å². The SMILES string of the molecule is CCCCN1C(=O)[C@]2(c3cc(F)ccc31)C1c3c(OC)cc(c(=O)oc3=O)N1C(C(=O)OC)=C(C(=O)OC)[C@@H]2C(=O)c1ccc(OC)cc1. The number of carbonyl (C=O) groups is 4. The van der Waals surface area contributed by atoms with E-state index in [2.05, 4.69) is 0 Å². The number of rotatable bonds is 9. The molecule has 0 aliphatic carbocycles. The van der Waals surface area contributed by atoms with E-state index in [0.29, 0.717) is 18.6 Å². The number of amides is 1. The highest BCUT2D eigenvalue weighted by molar-refractivity contribution is 6.20. The lowest BCUT2D eigenvalue weighted by Crippen LogP contribution is -2.63. The Kier molecular flexibility index (Phi) is 8.34. The van der Waals surface area contributed by atoms with Crippen LogP contribution in [0.2, 0.25) is 0 Å². The zero-order valence-electron chi connectivity index (χ0n) is 27.2. The highest BCUT2D eigenvalue weighted by Gasteiger charge is 2.71. The van der Waals surface area contributed by atoms with Crippen LogP contribution >= 0.6 is 0 Å². The molecule has 13 nitrogen and oxygen atoms in total. The molecule has 49 heavy (non-hydrogen) atoms. The number of methoxy groups -OCH3 is 4. The smallest absolute Gasteiger partial charge is 0.363 e. The minimum Gasteiger partial charge on any atom is -0.497 e. The number of ketones is 1. The number of esters is 2. The van der Waals surface area contributed by atoms with E-state index in [9.17, 15) is 19.2 Å². The first-order chi connectivity index (χ1) is 23.5. The third-order valence-electron chi connectivity index (χ3n) is 9.28. The van der Waals surface area contributed by atoms with Gasteiger partial charge in [0.2, 0.25) is 5.91 Å². The van der Waals surface area contributed by atoms with Crippen LogP contribution in [-0.4, -0.2) is 58.6 Å². The minimum absolute atomic E-state index is 0.0281. The maximum absolute atomic E-state index is 15.5. The van der Waals surface area contributed by atoms with E-state index in [1.807, 2.05) is 6.92 Å². The fraction of sp³-hybridized carbons (Fsp3) is 0.314. The Balaban J connectivity index is 1.87. The van der Waals surface area contributed by atoms with E-state index in [1.54, 1.807) is 0 Å². The number of hydrogen-bond donors (Lipinski definition) is 0. The Labute approximate surface area is 278 Å². The molecule has 1 amide bonds. The summed E-state index contributed by atoms with van der Waals surface area (Å²) in [6.07, 6.45) is 1.12. The second-order valence-electron chi connectivity index (χ2n) is 11.6. The highest BCUT2D eigenvalue weighted by atomic mass is 19.1. The number of benzene rings is 2. The molecule has 0 saturated heterocycles. The van der Waals surface area contributed by atoms with Crippen molar-refractivity contribution in [2.75, 3.05) is 44.8 Å². The van der Waals surface area contributed by atoms with Crippen molar-refractivity contribution in [3.8, 4) is 11.5 Å². The third-order valence-corrected chi connectivity index (χ3v) is 9.28. The summed E-state index contributed by atoms with van der Waals surface area (Å²) in [5.74, 6) is -6.66. The second kappa shape index (κ2) is 12.3. The van der Waals surface area contributed by atoms with Crippen molar-refractivity contribution in [1.29, 1.82) is 0 Å². The van der Waals surface area contributed by atoms with Gasteiger partial charge in [0, 0.05) is 23.9 Å². The van der Waals surface area contributed by atoms with Crippen molar-refractivity contribution in [3.05, 3.63) is 103 Å². The third kappa shape index (κ3) is 4.65. The number of halogens is 1. The molecule has 0 fully saturated rings. The molecule has 1 spiro atoms. The van der Waals surface area contributed by atoms with Crippen molar-refractivity contribution in [3.63, 3.8) is 0 Å². The van der Waals surface area contributed by atoms with Crippen LogP contribution in [0.25, 0.3) is 0 Å². The first kappa shape index (κ1) is 33.1. The lowest BCUT2D eigenvalue weighted by Gasteiger charge is -2.51. The van der Waals surface area contributed by atoms with Crippen LogP contribution in [0.3, 0.4) is 0 Å². The van der Waals surface area contributed by atoms with Gasteiger partial charge in [-0.1, -0.05) is 13.3 Å². The molecule has 4 aliphatic heterocycles. The van der Waals surface area contributed by atoms with Gasteiger partial charge in [0.05, 0.1) is 46.0 Å². The van der Waals surface area contributed by atoms with E-state index in [0.717, 1.165) is 37.3 Å². The molecule has 2 bridgehead atoms. The molecule has 3 aromatic rings. The molecule has 1 aromatic heterocycles. The molecular weight excluding hydrogens is 643 g/mol. The average molecular weight is 675 g/mol. The van der Waals surface area contributed by atoms with Crippen molar-refractivity contribution in [2.45, 2.75) is 31.2 Å². The van der Waals surface area contributed by atoms with E-state index >= 15 is 14.0 Å². The summed E-state index contributed by atoms with van der Waals surface area (Å²) in [6, 6.07) is 8.67. The molecular formula is C35H31FN2O11. The predicted molar refractivity (Wildman–Crippen MR) is 170 cm³/mol. The van der Waals surface area contributed by atoms with E-state index in [-0.39, 0.29) is 29.1 Å². The molecule has 1 unspecified atom stereocenters. The summed E-state index contributed by atoms with van der Waals surface area (Å²) >= 11 is 0. The minimum atomic E-state index is -2.40. The number of nitrogens with zero attached hydrogens (tertiary/aromatic N) is 2. The summed E-state index contributed by atoms with van der Waals surface area (Å²) in [5.41, 5.74) is -6.99. The largest absolute Gasteiger partial charge is 0.497 e. The normalized spacial score (nSPS) is 20.2. The Morgan fingerprint density at radius 2 is 1.57 bits per heavy atom. The van der Waals surface area contributed by atoms with Crippen LogP contribution in [-0.2, 0) is 29.3 Å². The van der Waals surface area contributed by atoms with Gasteiger partial charge in [-0.05, 0) is 54.4 Å². The van der Waals surface area contributed by atoms with Crippen LogP contribution < -0.4 is 30.5 Å². The number of anilines is 2. The van der Waals surface area contributed by atoms with Crippen molar-refractivity contribution in [1.82, 2.24) is 0 Å². The van der Waals surface area contributed by atoms with Gasteiger partial charge in [-0.3, -0.25) is 9.59 Å². The summed E-state index contributed by atoms with van der Waals surface area (Å²) in [7, 11) is 4.65. The first-order valence-corrected chi connectivity index (χ1v) is 15.3.